The zero-order valence-electron chi connectivity index (χ0n) is 38.1. The summed E-state index contributed by atoms with van der Waals surface area (Å²) in [6.07, 6.45) is 51.5. The maximum absolute atomic E-state index is 12.8. The van der Waals surface area contributed by atoms with E-state index in [-0.39, 0.29) is 19.2 Å². The second kappa shape index (κ2) is 42.4. The minimum atomic E-state index is -1.55. The predicted octanol–water partition coefficient (Wildman–Crippen LogP) is 11.2. The smallest absolute Gasteiger partial charge is 0.306 e. The van der Waals surface area contributed by atoms with Crippen LogP contribution in [0.1, 0.15) is 162 Å². The Morgan fingerprint density at radius 2 is 1.00 bits per heavy atom. The van der Waals surface area contributed by atoms with Crippen LogP contribution in [-0.2, 0) is 23.7 Å². The number of rotatable bonds is 39. The highest BCUT2D eigenvalue weighted by Crippen LogP contribution is 2.22. The third-order valence-corrected chi connectivity index (χ3v) is 10.2. The first kappa shape index (κ1) is 56.1. The monoisotopic (exact) mass is 855 g/mol. The van der Waals surface area contributed by atoms with Crippen molar-refractivity contribution in [1.29, 1.82) is 0 Å². The van der Waals surface area contributed by atoms with Gasteiger partial charge in [-0.25, -0.2) is 0 Å². The number of hydrogen-bond donors (Lipinski definition) is 4. The topological polar surface area (TPSA) is 135 Å². The first-order chi connectivity index (χ1) is 29.9. The molecule has 1 aliphatic rings. The summed E-state index contributed by atoms with van der Waals surface area (Å²) in [6.45, 7) is 4.31. The number of aliphatic hydroxyl groups is 4. The number of ether oxygens (including phenoxy) is 4. The summed E-state index contributed by atoms with van der Waals surface area (Å²) in [4.78, 5) is 12.8. The van der Waals surface area contributed by atoms with Gasteiger partial charge in [0.1, 0.15) is 30.5 Å². The molecule has 9 nitrogen and oxygen atoms in total. The maximum atomic E-state index is 12.8. The molecule has 0 spiro atoms. The van der Waals surface area contributed by atoms with Gasteiger partial charge in [0.25, 0.3) is 0 Å². The zero-order chi connectivity index (χ0) is 44.3. The lowest BCUT2D eigenvalue weighted by Gasteiger charge is -2.39. The van der Waals surface area contributed by atoms with Gasteiger partial charge >= 0.3 is 5.97 Å². The van der Waals surface area contributed by atoms with Crippen LogP contribution in [0.25, 0.3) is 0 Å². The Morgan fingerprint density at radius 3 is 1.51 bits per heavy atom. The number of esters is 1. The number of aliphatic hydroxyl groups excluding tert-OH is 4. The molecule has 1 fully saturated rings. The van der Waals surface area contributed by atoms with Crippen molar-refractivity contribution < 1.29 is 44.2 Å². The van der Waals surface area contributed by atoms with Crippen molar-refractivity contribution in [3.8, 4) is 0 Å². The highest BCUT2D eigenvalue weighted by molar-refractivity contribution is 5.69. The van der Waals surface area contributed by atoms with E-state index >= 15 is 0 Å². The largest absolute Gasteiger partial charge is 0.457 e. The molecular weight excluding hydrogens is 769 g/mol. The Bertz CT molecular complexity index is 1250. The van der Waals surface area contributed by atoms with E-state index in [9.17, 15) is 25.2 Å². The SMILES string of the molecule is CC/C=C\C/C=C\C/C=C\C/C=C\C/C=C\C/C=C\CCCCCCCOCC(COC1OC(CO)C(O)C(O)C1O)OC(=O)CCCCCCC/C=C\C/C=C\CCCC. The molecule has 1 heterocycles. The predicted molar refractivity (Wildman–Crippen MR) is 251 cm³/mol. The molecule has 4 N–H and O–H groups in total. The molecule has 0 aliphatic carbocycles. The molecule has 348 valence electrons. The van der Waals surface area contributed by atoms with Crippen LogP contribution in [0.4, 0.5) is 0 Å². The van der Waals surface area contributed by atoms with Crippen LogP contribution in [0.15, 0.2) is 97.2 Å². The standard InChI is InChI=1S/C52H86O9/c1-3-5-7-9-11-13-15-17-19-20-21-22-23-24-25-26-27-28-30-32-34-36-38-40-42-58-44-46(45-59-52-51(57)50(56)49(55)47(43-53)61-52)60-48(54)41-39-37-35-33-31-29-18-16-14-12-10-8-6-4-2/h5,7,10-13,16-19,21-22,24-25,27-28,46-47,49-53,55-57H,3-4,6,8-9,14-15,20,23,26,29-45H2,1-2H3/b7-5-,12-10-,13-11-,18-16-,19-17-,22-21-,25-24-,28-27-. The summed E-state index contributed by atoms with van der Waals surface area (Å²) >= 11 is 0. The van der Waals surface area contributed by atoms with E-state index in [1.807, 2.05) is 0 Å². The van der Waals surface area contributed by atoms with Crippen LogP contribution in [0.2, 0.25) is 0 Å². The van der Waals surface area contributed by atoms with Gasteiger partial charge in [-0.3, -0.25) is 4.79 Å². The lowest BCUT2D eigenvalue weighted by Crippen LogP contribution is -2.59. The summed E-state index contributed by atoms with van der Waals surface area (Å²) in [5.74, 6) is -0.340. The number of carbonyl (C=O) groups is 1. The Balaban J connectivity index is 2.26. The number of carbonyl (C=O) groups excluding carboxylic acids is 1. The van der Waals surface area contributed by atoms with E-state index in [1.54, 1.807) is 0 Å². The summed E-state index contributed by atoms with van der Waals surface area (Å²) in [5.41, 5.74) is 0. The van der Waals surface area contributed by atoms with E-state index < -0.39 is 43.4 Å². The lowest BCUT2D eigenvalue weighted by atomic mass is 9.99. The fourth-order valence-corrected chi connectivity index (χ4v) is 6.51. The highest BCUT2D eigenvalue weighted by Gasteiger charge is 2.44. The van der Waals surface area contributed by atoms with Gasteiger partial charge in [-0.1, -0.05) is 162 Å². The fraction of sp³-hybridized carbons (Fsp3) is 0.673. The third-order valence-electron chi connectivity index (χ3n) is 10.2. The summed E-state index contributed by atoms with van der Waals surface area (Å²) < 4.78 is 22.8. The maximum Gasteiger partial charge on any atom is 0.306 e. The lowest BCUT2D eigenvalue weighted by molar-refractivity contribution is -0.305. The number of allylic oxidation sites excluding steroid dienone is 16. The summed E-state index contributed by atoms with van der Waals surface area (Å²) in [6, 6.07) is 0. The van der Waals surface area contributed by atoms with Crippen molar-refractivity contribution in [2.24, 2.45) is 0 Å². The van der Waals surface area contributed by atoms with Gasteiger partial charge in [0.15, 0.2) is 6.29 Å². The molecule has 6 atom stereocenters. The van der Waals surface area contributed by atoms with Crippen molar-refractivity contribution in [2.75, 3.05) is 26.4 Å². The van der Waals surface area contributed by atoms with Gasteiger partial charge in [0.05, 0.1) is 19.8 Å². The van der Waals surface area contributed by atoms with Gasteiger partial charge < -0.3 is 39.4 Å². The summed E-state index contributed by atoms with van der Waals surface area (Å²) in [7, 11) is 0. The minimum Gasteiger partial charge on any atom is -0.457 e. The van der Waals surface area contributed by atoms with Crippen LogP contribution >= 0.6 is 0 Å². The van der Waals surface area contributed by atoms with Crippen LogP contribution in [0.5, 0.6) is 0 Å². The molecule has 0 aromatic carbocycles. The van der Waals surface area contributed by atoms with Gasteiger partial charge in [0, 0.05) is 13.0 Å². The van der Waals surface area contributed by atoms with E-state index in [2.05, 4.69) is 111 Å². The molecule has 0 aromatic heterocycles. The fourth-order valence-electron chi connectivity index (χ4n) is 6.51. The minimum absolute atomic E-state index is 0.119. The molecular formula is C52H86O9. The molecule has 0 aromatic rings. The second-order valence-corrected chi connectivity index (χ2v) is 15.8. The average Bonchev–Trinajstić information content (AvgIpc) is 3.26. The van der Waals surface area contributed by atoms with Gasteiger partial charge in [-0.15, -0.1) is 0 Å². The Morgan fingerprint density at radius 1 is 0.541 bits per heavy atom. The Labute approximate surface area is 371 Å². The van der Waals surface area contributed by atoms with Crippen molar-refractivity contribution in [3.63, 3.8) is 0 Å². The van der Waals surface area contributed by atoms with E-state index in [1.165, 1.54) is 12.8 Å². The Hall–Kier alpha value is -2.89. The molecule has 61 heavy (non-hydrogen) atoms. The first-order valence-corrected chi connectivity index (χ1v) is 23.8. The average molecular weight is 855 g/mol. The van der Waals surface area contributed by atoms with Crippen LogP contribution in [0.3, 0.4) is 0 Å². The quantitative estimate of drug-likeness (QED) is 0.0271. The molecule has 0 bridgehead atoms. The molecule has 1 aliphatic heterocycles. The van der Waals surface area contributed by atoms with Crippen molar-refractivity contribution in [1.82, 2.24) is 0 Å². The Kier molecular flexibility index (Phi) is 39.0. The van der Waals surface area contributed by atoms with E-state index in [0.29, 0.717) is 13.0 Å². The normalized spacial score (nSPS) is 20.8. The summed E-state index contributed by atoms with van der Waals surface area (Å²) in [5, 5.41) is 40.2. The first-order valence-electron chi connectivity index (χ1n) is 23.8. The second-order valence-electron chi connectivity index (χ2n) is 15.8. The number of hydrogen-bond acceptors (Lipinski definition) is 9. The van der Waals surface area contributed by atoms with Crippen LogP contribution < -0.4 is 0 Å². The van der Waals surface area contributed by atoms with Gasteiger partial charge in [0.2, 0.25) is 0 Å². The zero-order valence-corrected chi connectivity index (χ0v) is 38.1. The van der Waals surface area contributed by atoms with Crippen molar-refractivity contribution >= 4 is 5.97 Å². The molecule has 9 heteroatoms. The van der Waals surface area contributed by atoms with Crippen LogP contribution in [0, 0.1) is 0 Å². The molecule has 1 rings (SSSR count). The number of unbranched alkanes of at least 4 members (excludes halogenated alkanes) is 12. The molecule has 0 saturated carbocycles. The highest BCUT2D eigenvalue weighted by atomic mass is 16.7. The van der Waals surface area contributed by atoms with Crippen molar-refractivity contribution in [2.45, 2.75) is 198 Å². The van der Waals surface area contributed by atoms with E-state index in [0.717, 1.165) is 128 Å². The van der Waals surface area contributed by atoms with E-state index in [4.69, 9.17) is 18.9 Å². The molecule has 1 saturated heterocycles. The van der Waals surface area contributed by atoms with Gasteiger partial charge in [-0.05, 0) is 89.9 Å². The molecule has 0 radical (unpaired) electrons. The van der Waals surface area contributed by atoms with Crippen LogP contribution in [-0.4, -0.2) is 89.6 Å². The molecule has 0 amide bonds. The van der Waals surface area contributed by atoms with Crippen molar-refractivity contribution in [3.05, 3.63) is 97.2 Å². The van der Waals surface area contributed by atoms with Gasteiger partial charge in [-0.2, -0.15) is 0 Å². The molecule has 6 unspecified atom stereocenters. The third kappa shape index (κ3) is 33.4.